The van der Waals surface area contributed by atoms with Crippen molar-refractivity contribution in [2.75, 3.05) is 5.32 Å². The van der Waals surface area contributed by atoms with E-state index in [0.717, 1.165) is 11.0 Å². The summed E-state index contributed by atoms with van der Waals surface area (Å²) in [6.45, 7) is 1.76. The number of nitrogens with one attached hydrogen (secondary N) is 2. The molecule has 1 unspecified atom stereocenters. The number of fused-ring (bicyclic) bond motifs is 1. The van der Waals surface area contributed by atoms with Gasteiger partial charge in [-0.1, -0.05) is 12.1 Å². The maximum absolute atomic E-state index is 12.3. The predicted molar refractivity (Wildman–Crippen MR) is 80.1 cm³/mol. The lowest BCUT2D eigenvalue weighted by molar-refractivity contribution is -0.118. The smallest absolute Gasteiger partial charge is 0.247 e. The van der Waals surface area contributed by atoms with Crippen LogP contribution in [0.25, 0.3) is 11.0 Å². The molecule has 6 heteroatoms. The molecule has 106 valence electrons. The first-order valence-corrected chi connectivity index (χ1v) is 6.56. The molecule has 2 heterocycles. The van der Waals surface area contributed by atoms with Crippen molar-refractivity contribution in [3.8, 4) is 0 Å². The van der Waals surface area contributed by atoms with E-state index in [1.54, 1.807) is 17.8 Å². The van der Waals surface area contributed by atoms with Gasteiger partial charge in [-0.2, -0.15) is 0 Å². The van der Waals surface area contributed by atoms with E-state index in [4.69, 9.17) is 0 Å². The topological polar surface area (TPSA) is 79.8 Å². The number of anilines is 1. The first-order chi connectivity index (χ1) is 10.2. The number of nitrogens with zero attached hydrogens (tertiary/aromatic N) is 2. The van der Waals surface area contributed by atoms with Crippen LogP contribution in [0, 0.1) is 0 Å². The fourth-order valence-corrected chi connectivity index (χ4v) is 2.16. The number of imidazole rings is 1. The number of carbonyl (C=O) groups excluding carboxylic acids is 1. The molecule has 6 nitrogen and oxygen atoms in total. The summed E-state index contributed by atoms with van der Waals surface area (Å²) in [7, 11) is 0. The quantitative estimate of drug-likeness (QED) is 0.770. The Labute approximate surface area is 120 Å². The molecule has 1 amide bonds. The molecule has 0 aliphatic heterocycles. The molecule has 2 aromatic heterocycles. The Balaban J connectivity index is 1.88. The van der Waals surface area contributed by atoms with Crippen molar-refractivity contribution in [3.05, 3.63) is 59.3 Å². The van der Waals surface area contributed by atoms with Crippen molar-refractivity contribution in [2.45, 2.75) is 13.0 Å². The second-order valence-corrected chi connectivity index (χ2v) is 4.73. The van der Waals surface area contributed by atoms with Crippen LogP contribution < -0.4 is 10.7 Å². The Morgan fingerprint density at radius 2 is 2.14 bits per heavy atom. The van der Waals surface area contributed by atoms with Gasteiger partial charge in [-0.25, -0.2) is 4.98 Å². The third-order valence-corrected chi connectivity index (χ3v) is 3.36. The maximum Gasteiger partial charge on any atom is 0.247 e. The third-order valence-electron chi connectivity index (χ3n) is 3.36. The van der Waals surface area contributed by atoms with Crippen LogP contribution in [0.1, 0.15) is 13.0 Å². The molecular formula is C15H14N4O2. The van der Waals surface area contributed by atoms with Crippen LogP contribution in [0.2, 0.25) is 0 Å². The summed E-state index contributed by atoms with van der Waals surface area (Å²) in [5.74, 6) is -0.269. The van der Waals surface area contributed by atoms with Gasteiger partial charge in [0.15, 0.2) is 0 Å². The number of aromatic nitrogens is 3. The Bertz CT molecular complexity index is 850. The molecular weight excluding hydrogens is 268 g/mol. The Morgan fingerprint density at radius 1 is 1.33 bits per heavy atom. The first-order valence-electron chi connectivity index (χ1n) is 6.56. The summed E-state index contributed by atoms with van der Waals surface area (Å²) in [4.78, 5) is 31.0. The van der Waals surface area contributed by atoms with E-state index in [0.29, 0.717) is 0 Å². The van der Waals surface area contributed by atoms with Crippen molar-refractivity contribution in [1.82, 2.24) is 14.5 Å². The van der Waals surface area contributed by atoms with Gasteiger partial charge in [-0.15, -0.1) is 0 Å². The highest BCUT2D eigenvalue weighted by Crippen LogP contribution is 2.18. The molecule has 0 aliphatic rings. The maximum atomic E-state index is 12.3. The fourth-order valence-electron chi connectivity index (χ4n) is 2.16. The van der Waals surface area contributed by atoms with E-state index in [2.05, 4.69) is 15.3 Å². The van der Waals surface area contributed by atoms with Crippen LogP contribution in [-0.4, -0.2) is 20.4 Å². The number of hydrogen-bond donors (Lipinski definition) is 2. The molecule has 1 aromatic carbocycles. The molecule has 2 N–H and O–H groups in total. The lowest BCUT2D eigenvalue weighted by atomic mass is 10.2. The van der Waals surface area contributed by atoms with Crippen molar-refractivity contribution >= 4 is 22.6 Å². The number of H-pyrrole nitrogens is 1. The molecule has 0 fully saturated rings. The molecule has 1 atom stereocenters. The molecule has 0 saturated heterocycles. The zero-order valence-corrected chi connectivity index (χ0v) is 11.4. The van der Waals surface area contributed by atoms with Crippen molar-refractivity contribution < 1.29 is 4.79 Å². The standard InChI is InChI=1S/C15H14N4O2/c1-10(15(21)18-12-8-16-7-6-14(12)20)19-9-17-11-4-2-3-5-13(11)19/h2-10H,1H3,(H,16,20)(H,18,21). The van der Waals surface area contributed by atoms with Crippen LogP contribution >= 0.6 is 0 Å². The highest BCUT2D eigenvalue weighted by atomic mass is 16.2. The minimum Gasteiger partial charge on any atom is -0.366 e. The summed E-state index contributed by atoms with van der Waals surface area (Å²) in [5, 5.41) is 2.63. The molecule has 0 aliphatic carbocycles. The highest BCUT2D eigenvalue weighted by Gasteiger charge is 2.17. The predicted octanol–water partition coefficient (Wildman–Crippen LogP) is 1.92. The van der Waals surface area contributed by atoms with Crippen molar-refractivity contribution in [2.24, 2.45) is 0 Å². The molecule has 3 aromatic rings. The number of benzene rings is 1. The number of amides is 1. The van der Waals surface area contributed by atoms with E-state index < -0.39 is 6.04 Å². The zero-order valence-electron chi connectivity index (χ0n) is 11.4. The average molecular weight is 282 g/mol. The Hall–Kier alpha value is -2.89. The summed E-state index contributed by atoms with van der Waals surface area (Å²) in [6.07, 6.45) is 4.62. The molecule has 0 bridgehead atoms. The van der Waals surface area contributed by atoms with Crippen molar-refractivity contribution in [3.63, 3.8) is 0 Å². The average Bonchev–Trinajstić information content (AvgIpc) is 2.92. The normalized spacial score (nSPS) is 12.2. The summed E-state index contributed by atoms with van der Waals surface area (Å²) in [5.41, 5.74) is 1.71. The summed E-state index contributed by atoms with van der Waals surface area (Å²) in [6, 6.07) is 8.48. The fraction of sp³-hybridized carbons (Fsp3) is 0.133. The van der Waals surface area contributed by atoms with Gasteiger partial charge in [0.2, 0.25) is 11.3 Å². The van der Waals surface area contributed by atoms with Gasteiger partial charge in [0.1, 0.15) is 11.7 Å². The second kappa shape index (κ2) is 5.24. The number of rotatable bonds is 3. The first kappa shape index (κ1) is 13.1. The summed E-state index contributed by atoms with van der Waals surface area (Å²) >= 11 is 0. The van der Waals surface area contributed by atoms with E-state index in [9.17, 15) is 9.59 Å². The number of carbonyl (C=O) groups is 1. The van der Waals surface area contributed by atoms with Crippen LogP contribution in [0.5, 0.6) is 0 Å². The molecule has 3 rings (SSSR count). The lowest BCUT2D eigenvalue weighted by Crippen LogP contribution is -2.25. The zero-order chi connectivity index (χ0) is 14.8. The van der Waals surface area contributed by atoms with Gasteiger partial charge in [-0.05, 0) is 19.1 Å². The second-order valence-electron chi connectivity index (χ2n) is 4.73. The Kier molecular flexibility index (Phi) is 3.27. The number of hydrogen-bond acceptors (Lipinski definition) is 3. The molecule has 0 radical (unpaired) electrons. The highest BCUT2D eigenvalue weighted by molar-refractivity contribution is 5.94. The molecule has 21 heavy (non-hydrogen) atoms. The lowest BCUT2D eigenvalue weighted by Gasteiger charge is -2.14. The van der Waals surface area contributed by atoms with Crippen molar-refractivity contribution in [1.29, 1.82) is 0 Å². The summed E-state index contributed by atoms with van der Waals surface area (Å²) < 4.78 is 1.78. The van der Waals surface area contributed by atoms with E-state index >= 15 is 0 Å². The SMILES string of the molecule is CC(C(=O)Nc1c[nH]ccc1=O)n1cnc2ccccc21. The molecule has 0 spiro atoms. The monoisotopic (exact) mass is 282 g/mol. The van der Waals surface area contributed by atoms with Gasteiger partial charge in [0.25, 0.3) is 0 Å². The third kappa shape index (κ3) is 2.43. The van der Waals surface area contributed by atoms with Gasteiger partial charge >= 0.3 is 0 Å². The molecule has 0 saturated carbocycles. The Morgan fingerprint density at radius 3 is 2.95 bits per heavy atom. The largest absolute Gasteiger partial charge is 0.366 e. The number of pyridine rings is 1. The van der Waals surface area contributed by atoms with Crippen LogP contribution in [0.15, 0.2) is 53.8 Å². The van der Waals surface area contributed by atoms with E-state index in [1.807, 2.05) is 24.3 Å². The number of para-hydroxylation sites is 2. The van der Waals surface area contributed by atoms with Crippen LogP contribution in [0.4, 0.5) is 5.69 Å². The van der Waals surface area contributed by atoms with Gasteiger partial charge < -0.3 is 14.9 Å². The minimum absolute atomic E-state index is 0.232. The van der Waals surface area contributed by atoms with Gasteiger partial charge in [-0.3, -0.25) is 9.59 Å². The van der Waals surface area contributed by atoms with Gasteiger partial charge in [0.05, 0.1) is 17.4 Å². The number of aromatic amines is 1. The van der Waals surface area contributed by atoms with Crippen LogP contribution in [-0.2, 0) is 4.79 Å². The van der Waals surface area contributed by atoms with Crippen LogP contribution in [0.3, 0.4) is 0 Å². The minimum atomic E-state index is -0.475. The van der Waals surface area contributed by atoms with Gasteiger partial charge in [0, 0.05) is 18.5 Å². The van der Waals surface area contributed by atoms with E-state index in [1.165, 1.54) is 18.5 Å². The van der Waals surface area contributed by atoms with E-state index in [-0.39, 0.29) is 17.0 Å².